The highest BCUT2D eigenvalue weighted by atomic mass is 35.5. The van der Waals surface area contributed by atoms with E-state index in [1.165, 1.54) is 0 Å². The molecule has 1 saturated heterocycles. The van der Waals surface area contributed by atoms with E-state index in [9.17, 15) is 9.59 Å². The van der Waals surface area contributed by atoms with E-state index in [0.29, 0.717) is 36.0 Å². The predicted molar refractivity (Wildman–Crippen MR) is 92.6 cm³/mol. The van der Waals surface area contributed by atoms with Gasteiger partial charge in [0, 0.05) is 37.7 Å². The standard InChI is InChI=1S/C18H23ClN2O3/c1-12-10-16(24-2)15(19)11-14(12)18(23)21-7-3-6-20(8-9-21)17(22)13-4-5-13/h10-11,13H,3-9H2,1-2H3. The van der Waals surface area contributed by atoms with Gasteiger partial charge in [-0.2, -0.15) is 0 Å². The average Bonchev–Trinajstić information content (AvgIpc) is 3.41. The molecule has 0 bridgehead atoms. The molecule has 2 fully saturated rings. The molecular weight excluding hydrogens is 328 g/mol. The van der Waals surface area contributed by atoms with Gasteiger partial charge < -0.3 is 14.5 Å². The SMILES string of the molecule is COc1cc(C)c(C(=O)N2CCCN(C(=O)C3CC3)CC2)cc1Cl. The van der Waals surface area contributed by atoms with Crippen molar-refractivity contribution in [2.24, 2.45) is 5.92 Å². The van der Waals surface area contributed by atoms with E-state index in [-0.39, 0.29) is 17.7 Å². The molecule has 1 aromatic carbocycles. The number of rotatable bonds is 3. The molecule has 2 amide bonds. The van der Waals surface area contributed by atoms with Crippen molar-refractivity contribution in [2.45, 2.75) is 26.2 Å². The topological polar surface area (TPSA) is 49.9 Å². The van der Waals surface area contributed by atoms with E-state index < -0.39 is 0 Å². The van der Waals surface area contributed by atoms with Crippen LogP contribution in [0, 0.1) is 12.8 Å². The lowest BCUT2D eigenvalue weighted by Crippen LogP contribution is -2.38. The van der Waals surface area contributed by atoms with Crippen LogP contribution in [-0.2, 0) is 4.79 Å². The first kappa shape index (κ1) is 17.1. The molecule has 5 nitrogen and oxygen atoms in total. The smallest absolute Gasteiger partial charge is 0.254 e. The van der Waals surface area contributed by atoms with Gasteiger partial charge in [0.25, 0.3) is 5.91 Å². The summed E-state index contributed by atoms with van der Waals surface area (Å²) in [7, 11) is 1.56. The summed E-state index contributed by atoms with van der Waals surface area (Å²) in [6.45, 7) is 4.47. The molecule has 2 aliphatic rings. The largest absolute Gasteiger partial charge is 0.495 e. The monoisotopic (exact) mass is 350 g/mol. The van der Waals surface area contributed by atoms with Crippen LogP contribution in [0.1, 0.15) is 35.2 Å². The van der Waals surface area contributed by atoms with Crippen molar-refractivity contribution in [3.05, 3.63) is 28.3 Å². The number of hydrogen-bond acceptors (Lipinski definition) is 3. The Morgan fingerprint density at radius 2 is 1.79 bits per heavy atom. The molecule has 1 aliphatic heterocycles. The van der Waals surface area contributed by atoms with Gasteiger partial charge in [0.15, 0.2) is 0 Å². The Morgan fingerprint density at radius 3 is 2.46 bits per heavy atom. The summed E-state index contributed by atoms with van der Waals surface area (Å²) in [4.78, 5) is 28.8. The zero-order valence-corrected chi connectivity index (χ0v) is 14.9. The van der Waals surface area contributed by atoms with Crippen LogP contribution in [0.4, 0.5) is 0 Å². The summed E-state index contributed by atoms with van der Waals surface area (Å²) in [6.07, 6.45) is 2.84. The van der Waals surface area contributed by atoms with E-state index in [1.54, 1.807) is 19.2 Å². The minimum Gasteiger partial charge on any atom is -0.495 e. The number of hydrogen-bond donors (Lipinski definition) is 0. The fraction of sp³-hybridized carbons (Fsp3) is 0.556. The van der Waals surface area contributed by atoms with Gasteiger partial charge in [0.1, 0.15) is 5.75 Å². The number of halogens is 1. The molecular formula is C18H23ClN2O3. The second-order valence-electron chi connectivity index (χ2n) is 6.55. The summed E-state index contributed by atoms with van der Waals surface area (Å²) in [5.41, 5.74) is 1.44. The maximum absolute atomic E-state index is 12.9. The van der Waals surface area contributed by atoms with Crippen molar-refractivity contribution >= 4 is 23.4 Å². The van der Waals surface area contributed by atoms with Crippen molar-refractivity contribution in [1.29, 1.82) is 0 Å². The van der Waals surface area contributed by atoms with Crippen molar-refractivity contribution in [3.8, 4) is 5.75 Å². The van der Waals surface area contributed by atoms with E-state index in [0.717, 1.165) is 31.4 Å². The Kier molecular flexibility index (Phi) is 4.99. The van der Waals surface area contributed by atoms with E-state index in [4.69, 9.17) is 16.3 Å². The molecule has 0 aromatic heterocycles. The van der Waals surface area contributed by atoms with Crippen LogP contribution >= 0.6 is 11.6 Å². The van der Waals surface area contributed by atoms with Crippen molar-refractivity contribution in [2.75, 3.05) is 33.3 Å². The van der Waals surface area contributed by atoms with Crippen LogP contribution in [-0.4, -0.2) is 54.9 Å². The Balaban J connectivity index is 1.71. The molecule has 0 N–H and O–H groups in total. The minimum absolute atomic E-state index is 0.0298. The van der Waals surface area contributed by atoms with Crippen LogP contribution in [0.2, 0.25) is 5.02 Å². The van der Waals surface area contributed by atoms with Gasteiger partial charge in [-0.15, -0.1) is 0 Å². The lowest BCUT2D eigenvalue weighted by Gasteiger charge is -2.23. The van der Waals surface area contributed by atoms with Gasteiger partial charge in [-0.3, -0.25) is 9.59 Å². The fourth-order valence-electron chi connectivity index (χ4n) is 3.14. The van der Waals surface area contributed by atoms with Crippen molar-refractivity contribution in [3.63, 3.8) is 0 Å². The van der Waals surface area contributed by atoms with Gasteiger partial charge in [-0.25, -0.2) is 0 Å². The Bertz CT molecular complexity index is 658. The average molecular weight is 351 g/mol. The third kappa shape index (κ3) is 3.51. The Hall–Kier alpha value is -1.75. The highest BCUT2D eigenvalue weighted by Crippen LogP contribution is 2.31. The van der Waals surface area contributed by atoms with E-state index in [2.05, 4.69) is 0 Å². The molecule has 0 radical (unpaired) electrons. The van der Waals surface area contributed by atoms with Gasteiger partial charge >= 0.3 is 0 Å². The van der Waals surface area contributed by atoms with Gasteiger partial charge in [-0.1, -0.05) is 11.6 Å². The highest BCUT2D eigenvalue weighted by molar-refractivity contribution is 6.32. The third-order valence-electron chi connectivity index (χ3n) is 4.75. The highest BCUT2D eigenvalue weighted by Gasteiger charge is 2.34. The summed E-state index contributed by atoms with van der Waals surface area (Å²) in [5, 5.41) is 0.437. The lowest BCUT2D eigenvalue weighted by atomic mass is 10.1. The van der Waals surface area contributed by atoms with E-state index >= 15 is 0 Å². The molecule has 0 atom stereocenters. The van der Waals surface area contributed by atoms with Crippen LogP contribution in [0.5, 0.6) is 5.75 Å². The molecule has 1 saturated carbocycles. The Labute approximate surface area is 147 Å². The molecule has 6 heteroatoms. The van der Waals surface area contributed by atoms with E-state index in [1.807, 2.05) is 16.7 Å². The molecule has 3 rings (SSSR count). The normalized spacial score (nSPS) is 18.3. The number of nitrogens with zero attached hydrogens (tertiary/aromatic N) is 2. The third-order valence-corrected chi connectivity index (χ3v) is 5.05. The first-order chi connectivity index (χ1) is 11.5. The van der Waals surface area contributed by atoms with Gasteiger partial charge in [-0.05, 0) is 43.9 Å². The second-order valence-corrected chi connectivity index (χ2v) is 6.95. The molecule has 1 aliphatic carbocycles. The number of carbonyl (C=O) groups is 2. The lowest BCUT2D eigenvalue weighted by molar-refractivity contribution is -0.132. The number of aryl methyl sites for hydroxylation is 1. The molecule has 0 spiro atoms. The zero-order chi connectivity index (χ0) is 17.3. The first-order valence-electron chi connectivity index (χ1n) is 8.43. The Morgan fingerprint density at radius 1 is 1.12 bits per heavy atom. The van der Waals surface area contributed by atoms with Crippen molar-refractivity contribution in [1.82, 2.24) is 9.80 Å². The predicted octanol–water partition coefficient (Wildman–Crippen LogP) is 2.74. The number of benzene rings is 1. The summed E-state index contributed by atoms with van der Waals surface area (Å²) < 4.78 is 5.19. The number of methoxy groups -OCH3 is 1. The summed E-state index contributed by atoms with van der Waals surface area (Å²) in [5.74, 6) is 1.03. The minimum atomic E-state index is -0.0298. The number of ether oxygens (including phenoxy) is 1. The quantitative estimate of drug-likeness (QED) is 0.842. The zero-order valence-electron chi connectivity index (χ0n) is 14.2. The second kappa shape index (κ2) is 7.01. The van der Waals surface area contributed by atoms with Gasteiger partial charge in [0.2, 0.25) is 5.91 Å². The summed E-state index contributed by atoms with van der Waals surface area (Å²) in [6, 6.07) is 3.46. The van der Waals surface area contributed by atoms with Crippen LogP contribution in [0.25, 0.3) is 0 Å². The molecule has 130 valence electrons. The fourth-order valence-corrected chi connectivity index (χ4v) is 3.38. The van der Waals surface area contributed by atoms with Crippen molar-refractivity contribution < 1.29 is 14.3 Å². The van der Waals surface area contributed by atoms with Crippen LogP contribution in [0.3, 0.4) is 0 Å². The molecule has 0 unspecified atom stereocenters. The van der Waals surface area contributed by atoms with Gasteiger partial charge in [0.05, 0.1) is 12.1 Å². The molecule has 24 heavy (non-hydrogen) atoms. The van der Waals surface area contributed by atoms with Crippen LogP contribution in [0.15, 0.2) is 12.1 Å². The molecule has 1 aromatic rings. The maximum Gasteiger partial charge on any atom is 0.254 e. The maximum atomic E-state index is 12.9. The number of carbonyl (C=O) groups excluding carboxylic acids is 2. The summed E-state index contributed by atoms with van der Waals surface area (Å²) >= 11 is 6.17. The number of amides is 2. The molecule has 1 heterocycles. The van der Waals surface area contributed by atoms with Crippen LogP contribution < -0.4 is 4.74 Å². The first-order valence-corrected chi connectivity index (χ1v) is 8.81.